The minimum absolute atomic E-state index is 0.00538. The summed E-state index contributed by atoms with van der Waals surface area (Å²) in [5, 5.41) is 14.2. The molecule has 0 aliphatic carbocycles. The number of carbonyl (C=O) groups is 3. The van der Waals surface area contributed by atoms with Crippen molar-refractivity contribution < 1.29 is 19.5 Å². The number of aryl methyl sites for hydroxylation is 1. The molecule has 1 heterocycles. The van der Waals surface area contributed by atoms with Gasteiger partial charge in [0, 0.05) is 12.1 Å². The number of benzene rings is 1. The summed E-state index contributed by atoms with van der Waals surface area (Å²) in [6.45, 7) is 1.72. The number of rotatable bonds is 7. The summed E-state index contributed by atoms with van der Waals surface area (Å²) < 4.78 is 0. The van der Waals surface area contributed by atoms with Crippen molar-refractivity contribution in [2.45, 2.75) is 45.1 Å². The number of amides is 2. The molecule has 1 aliphatic heterocycles. The van der Waals surface area contributed by atoms with Crippen molar-refractivity contribution in [2.75, 3.05) is 5.32 Å². The first-order valence-electron chi connectivity index (χ1n) is 7.43. The van der Waals surface area contributed by atoms with E-state index in [-0.39, 0.29) is 18.2 Å². The van der Waals surface area contributed by atoms with Gasteiger partial charge in [0.05, 0.1) is 6.42 Å². The quantitative estimate of drug-likeness (QED) is 0.711. The first-order valence-corrected chi connectivity index (χ1v) is 7.43. The number of carboxylic acids is 1. The van der Waals surface area contributed by atoms with E-state index in [1.807, 2.05) is 18.2 Å². The Morgan fingerprint density at radius 3 is 2.86 bits per heavy atom. The number of hydrogen-bond donors (Lipinski definition) is 3. The van der Waals surface area contributed by atoms with Gasteiger partial charge in [-0.3, -0.25) is 9.59 Å². The predicted molar refractivity (Wildman–Crippen MR) is 81.6 cm³/mol. The standard InChI is InChI=1S/C16H20N2O4/c1-2-12(16(21)22)17-14(19)5-3-4-10-6-7-13-11(8-10)9-15(20)18-13/h6-8,12H,2-5,9H2,1H3,(H,17,19)(H,18,20)(H,21,22)/t12-/m1/s1. The minimum atomic E-state index is -1.01. The van der Waals surface area contributed by atoms with Gasteiger partial charge in [-0.05, 0) is 36.5 Å². The lowest BCUT2D eigenvalue weighted by Crippen LogP contribution is -2.40. The van der Waals surface area contributed by atoms with Crippen LogP contribution in [-0.2, 0) is 27.2 Å². The van der Waals surface area contributed by atoms with Gasteiger partial charge in [0.2, 0.25) is 11.8 Å². The van der Waals surface area contributed by atoms with E-state index in [0.29, 0.717) is 19.3 Å². The molecule has 0 bridgehead atoms. The molecular formula is C16H20N2O4. The molecule has 3 N–H and O–H groups in total. The van der Waals surface area contributed by atoms with Crippen LogP contribution in [0.15, 0.2) is 18.2 Å². The van der Waals surface area contributed by atoms with Crippen molar-refractivity contribution in [3.8, 4) is 0 Å². The Morgan fingerprint density at radius 2 is 2.18 bits per heavy atom. The molecular weight excluding hydrogens is 284 g/mol. The largest absolute Gasteiger partial charge is 0.480 e. The summed E-state index contributed by atoms with van der Waals surface area (Å²) in [6.07, 6.45) is 2.42. The van der Waals surface area contributed by atoms with Crippen LogP contribution in [0.2, 0.25) is 0 Å². The van der Waals surface area contributed by atoms with Gasteiger partial charge in [0.15, 0.2) is 0 Å². The number of carboxylic acid groups (broad SMARTS) is 1. The molecule has 0 saturated carbocycles. The van der Waals surface area contributed by atoms with Gasteiger partial charge in [0.25, 0.3) is 0 Å². The Hall–Kier alpha value is -2.37. The van der Waals surface area contributed by atoms with E-state index < -0.39 is 12.0 Å². The number of carbonyl (C=O) groups excluding carboxylic acids is 2. The average Bonchev–Trinajstić information content (AvgIpc) is 2.83. The highest BCUT2D eigenvalue weighted by molar-refractivity contribution is 5.99. The zero-order valence-corrected chi connectivity index (χ0v) is 12.5. The highest BCUT2D eigenvalue weighted by Gasteiger charge is 2.18. The number of nitrogens with one attached hydrogen (secondary N) is 2. The number of fused-ring (bicyclic) bond motifs is 1. The molecule has 118 valence electrons. The topological polar surface area (TPSA) is 95.5 Å². The van der Waals surface area contributed by atoms with Crippen molar-refractivity contribution in [3.63, 3.8) is 0 Å². The van der Waals surface area contributed by atoms with Gasteiger partial charge in [-0.25, -0.2) is 4.79 Å². The van der Waals surface area contributed by atoms with Crippen LogP contribution in [0, 0.1) is 0 Å². The smallest absolute Gasteiger partial charge is 0.326 e. The van der Waals surface area contributed by atoms with Crippen LogP contribution >= 0.6 is 0 Å². The fraction of sp³-hybridized carbons (Fsp3) is 0.438. The molecule has 1 aliphatic rings. The van der Waals surface area contributed by atoms with E-state index in [1.54, 1.807) is 6.92 Å². The molecule has 0 aromatic heterocycles. The summed E-state index contributed by atoms with van der Waals surface area (Å²) in [5.41, 5.74) is 2.93. The van der Waals surface area contributed by atoms with E-state index >= 15 is 0 Å². The van der Waals surface area contributed by atoms with Gasteiger partial charge in [0.1, 0.15) is 6.04 Å². The number of aliphatic carboxylic acids is 1. The maximum atomic E-state index is 11.7. The minimum Gasteiger partial charge on any atom is -0.480 e. The van der Waals surface area contributed by atoms with Crippen molar-refractivity contribution >= 4 is 23.5 Å². The fourth-order valence-corrected chi connectivity index (χ4v) is 2.50. The third-order valence-electron chi connectivity index (χ3n) is 3.71. The molecule has 1 aromatic rings. The highest BCUT2D eigenvalue weighted by Crippen LogP contribution is 2.24. The maximum absolute atomic E-state index is 11.7. The van der Waals surface area contributed by atoms with Crippen molar-refractivity contribution in [1.29, 1.82) is 0 Å². The van der Waals surface area contributed by atoms with E-state index in [4.69, 9.17) is 5.11 Å². The molecule has 0 spiro atoms. The van der Waals surface area contributed by atoms with E-state index in [9.17, 15) is 14.4 Å². The lowest BCUT2D eigenvalue weighted by Gasteiger charge is -2.12. The Kier molecular flexibility index (Phi) is 5.14. The molecule has 2 rings (SSSR count). The SMILES string of the molecule is CC[C@@H](NC(=O)CCCc1ccc2c(c1)CC(=O)N2)C(=O)O. The van der Waals surface area contributed by atoms with Crippen LogP contribution in [0.4, 0.5) is 5.69 Å². The van der Waals surface area contributed by atoms with Gasteiger partial charge >= 0.3 is 5.97 Å². The first-order chi connectivity index (χ1) is 10.5. The zero-order valence-electron chi connectivity index (χ0n) is 12.5. The van der Waals surface area contributed by atoms with Crippen molar-refractivity contribution in [2.24, 2.45) is 0 Å². The lowest BCUT2D eigenvalue weighted by molar-refractivity contribution is -0.141. The van der Waals surface area contributed by atoms with Crippen LogP contribution in [0.25, 0.3) is 0 Å². The van der Waals surface area contributed by atoms with Crippen molar-refractivity contribution in [1.82, 2.24) is 5.32 Å². The van der Waals surface area contributed by atoms with Gasteiger partial charge in [-0.2, -0.15) is 0 Å². The average molecular weight is 304 g/mol. The van der Waals surface area contributed by atoms with Crippen LogP contribution in [0.3, 0.4) is 0 Å². The zero-order chi connectivity index (χ0) is 16.1. The third kappa shape index (κ3) is 4.07. The summed E-state index contributed by atoms with van der Waals surface area (Å²) in [6, 6.07) is 4.99. The molecule has 2 amide bonds. The van der Waals surface area contributed by atoms with Gasteiger partial charge in [-0.1, -0.05) is 19.1 Å². The number of anilines is 1. The molecule has 1 atom stereocenters. The molecule has 0 radical (unpaired) electrons. The summed E-state index contributed by atoms with van der Waals surface area (Å²) >= 11 is 0. The molecule has 6 nitrogen and oxygen atoms in total. The van der Waals surface area contributed by atoms with Crippen LogP contribution < -0.4 is 10.6 Å². The first kappa shape index (κ1) is 16.0. The second-order valence-electron chi connectivity index (χ2n) is 5.44. The molecule has 22 heavy (non-hydrogen) atoms. The molecule has 6 heteroatoms. The van der Waals surface area contributed by atoms with Gasteiger partial charge in [-0.15, -0.1) is 0 Å². The van der Waals surface area contributed by atoms with E-state index in [1.165, 1.54) is 0 Å². The Balaban J connectivity index is 1.79. The fourth-order valence-electron chi connectivity index (χ4n) is 2.50. The summed E-state index contributed by atoms with van der Waals surface area (Å²) in [5.74, 6) is -1.25. The molecule has 0 fully saturated rings. The normalized spacial score (nSPS) is 14.1. The van der Waals surface area contributed by atoms with Gasteiger partial charge < -0.3 is 15.7 Å². The Bertz CT molecular complexity index is 598. The predicted octanol–water partition coefficient (Wildman–Crippen LogP) is 1.48. The number of hydrogen-bond acceptors (Lipinski definition) is 3. The third-order valence-corrected chi connectivity index (χ3v) is 3.71. The molecule has 0 saturated heterocycles. The summed E-state index contributed by atoms with van der Waals surface area (Å²) in [4.78, 5) is 33.8. The monoisotopic (exact) mass is 304 g/mol. The maximum Gasteiger partial charge on any atom is 0.326 e. The van der Waals surface area contributed by atoms with Crippen LogP contribution in [0.1, 0.15) is 37.3 Å². The van der Waals surface area contributed by atoms with E-state index in [2.05, 4.69) is 10.6 Å². The highest BCUT2D eigenvalue weighted by atomic mass is 16.4. The van der Waals surface area contributed by atoms with Crippen LogP contribution in [-0.4, -0.2) is 28.9 Å². The molecule has 1 aromatic carbocycles. The second kappa shape index (κ2) is 7.06. The van der Waals surface area contributed by atoms with Crippen molar-refractivity contribution in [3.05, 3.63) is 29.3 Å². The van der Waals surface area contributed by atoms with E-state index in [0.717, 1.165) is 23.2 Å². The molecule has 0 unspecified atom stereocenters. The van der Waals surface area contributed by atoms with Crippen LogP contribution in [0.5, 0.6) is 0 Å². The lowest BCUT2D eigenvalue weighted by atomic mass is 10.0. The Morgan fingerprint density at radius 1 is 1.41 bits per heavy atom. The second-order valence-corrected chi connectivity index (χ2v) is 5.44. The Labute approximate surface area is 128 Å². The summed E-state index contributed by atoms with van der Waals surface area (Å²) in [7, 11) is 0.